The SMILES string of the molecule is C=CC(=O)N(C)C1CCC(N(C=O)/C=C(/N/C(=C/CC)C(=NC)C(C)CC)c2ncc(CC)n2C)C1.CC. The van der Waals surface area contributed by atoms with E-state index in [4.69, 9.17) is 4.98 Å². The average Bonchev–Trinajstić information content (AvgIpc) is 3.58. The number of amides is 2. The smallest absolute Gasteiger partial charge is 0.245 e. The summed E-state index contributed by atoms with van der Waals surface area (Å²) in [6, 6.07) is 0.0650. The molecule has 1 aromatic heterocycles. The number of aliphatic imine (C=N–C) groups is 1. The molecular formula is C30H50N6O2. The van der Waals surface area contributed by atoms with Crippen LogP contribution in [0.1, 0.15) is 85.2 Å². The Hall–Kier alpha value is -3.16. The molecule has 1 aliphatic rings. The van der Waals surface area contributed by atoms with Crippen molar-refractivity contribution in [3.8, 4) is 0 Å². The minimum absolute atomic E-state index is 0.0113. The fourth-order valence-electron chi connectivity index (χ4n) is 4.79. The van der Waals surface area contributed by atoms with Gasteiger partial charge in [0.2, 0.25) is 12.3 Å². The molecule has 1 aliphatic carbocycles. The maximum Gasteiger partial charge on any atom is 0.245 e. The quantitative estimate of drug-likeness (QED) is 0.214. The fourth-order valence-corrected chi connectivity index (χ4v) is 4.79. The number of allylic oxidation sites excluding steroid dienone is 2. The van der Waals surface area contributed by atoms with Gasteiger partial charge in [-0.15, -0.1) is 0 Å². The first-order chi connectivity index (χ1) is 18.3. The topological polar surface area (TPSA) is 82.8 Å². The zero-order valence-electron chi connectivity index (χ0n) is 25.1. The molecule has 0 radical (unpaired) electrons. The summed E-state index contributed by atoms with van der Waals surface area (Å²) in [7, 11) is 5.62. The number of likely N-dealkylation sites (N-methyl/N-ethyl adjacent to an activating group) is 1. The van der Waals surface area contributed by atoms with Crippen LogP contribution in [0.4, 0.5) is 0 Å². The second-order valence-corrected chi connectivity index (χ2v) is 9.42. The lowest BCUT2D eigenvalue weighted by molar-refractivity contribution is -0.126. The van der Waals surface area contributed by atoms with E-state index < -0.39 is 0 Å². The summed E-state index contributed by atoms with van der Waals surface area (Å²) in [5.41, 5.74) is 3.78. The van der Waals surface area contributed by atoms with E-state index in [1.54, 1.807) is 16.8 Å². The van der Waals surface area contributed by atoms with Gasteiger partial charge in [0.1, 0.15) is 0 Å². The van der Waals surface area contributed by atoms with E-state index in [9.17, 15) is 9.59 Å². The van der Waals surface area contributed by atoms with Gasteiger partial charge in [-0.2, -0.15) is 0 Å². The summed E-state index contributed by atoms with van der Waals surface area (Å²) in [6.45, 7) is 16.1. The number of hydrogen-bond donors (Lipinski definition) is 1. The zero-order chi connectivity index (χ0) is 28.8. The molecule has 0 saturated heterocycles. The summed E-state index contributed by atoms with van der Waals surface area (Å²) in [5, 5.41) is 3.60. The van der Waals surface area contributed by atoms with Crippen LogP contribution in [0.5, 0.6) is 0 Å². The molecule has 1 aromatic rings. The lowest BCUT2D eigenvalue weighted by Crippen LogP contribution is -2.36. The van der Waals surface area contributed by atoms with Gasteiger partial charge >= 0.3 is 0 Å². The Kier molecular flexibility index (Phi) is 14.4. The van der Waals surface area contributed by atoms with Crippen molar-refractivity contribution in [3.63, 3.8) is 0 Å². The molecule has 8 heteroatoms. The van der Waals surface area contributed by atoms with Crippen LogP contribution in [0.15, 0.2) is 41.8 Å². The van der Waals surface area contributed by atoms with Crippen LogP contribution in [0, 0.1) is 5.92 Å². The lowest BCUT2D eigenvalue weighted by atomic mass is 9.99. The zero-order valence-corrected chi connectivity index (χ0v) is 25.1. The van der Waals surface area contributed by atoms with Gasteiger partial charge in [0, 0.05) is 51.3 Å². The van der Waals surface area contributed by atoms with Gasteiger partial charge in [0.25, 0.3) is 0 Å². The Morgan fingerprint density at radius 1 is 1.29 bits per heavy atom. The highest BCUT2D eigenvalue weighted by atomic mass is 16.2. The summed E-state index contributed by atoms with van der Waals surface area (Å²) in [4.78, 5) is 37.2. The number of carbonyl (C=O) groups excluding carboxylic acids is 2. The van der Waals surface area contributed by atoms with Crippen molar-refractivity contribution in [1.82, 2.24) is 24.7 Å². The van der Waals surface area contributed by atoms with E-state index in [-0.39, 0.29) is 23.9 Å². The van der Waals surface area contributed by atoms with Crippen LogP contribution >= 0.6 is 0 Å². The van der Waals surface area contributed by atoms with Gasteiger partial charge in [0.15, 0.2) is 5.82 Å². The highest BCUT2D eigenvalue weighted by Crippen LogP contribution is 2.28. The lowest BCUT2D eigenvalue weighted by Gasteiger charge is -2.26. The number of nitrogens with one attached hydrogen (secondary N) is 1. The van der Waals surface area contributed by atoms with Crippen molar-refractivity contribution in [2.24, 2.45) is 18.0 Å². The third kappa shape index (κ3) is 8.17. The molecule has 0 spiro atoms. The molecule has 1 saturated carbocycles. The summed E-state index contributed by atoms with van der Waals surface area (Å²) in [6.07, 6.45) is 13.1. The van der Waals surface area contributed by atoms with Crippen molar-refractivity contribution >= 4 is 23.7 Å². The molecule has 0 bridgehead atoms. The van der Waals surface area contributed by atoms with Gasteiger partial charge in [-0.1, -0.05) is 54.2 Å². The van der Waals surface area contributed by atoms with Crippen LogP contribution in [-0.2, 0) is 23.1 Å². The number of carbonyl (C=O) groups is 2. The van der Waals surface area contributed by atoms with E-state index >= 15 is 0 Å². The molecule has 0 aliphatic heterocycles. The van der Waals surface area contributed by atoms with Gasteiger partial charge in [-0.05, 0) is 50.5 Å². The van der Waals surface area contributed by atoms with Gasteiger partial charge < -0.3 is 19.7 Å². The number of aryl methyl sites for hydroxylation is 1. The Morgan fingerprint density at radius 2 is 1.95 bits per heavy atom. The first-order valence-electron chi connectivity index (χ1n) is 14.0. The summed E-state index contributed by atoms with van der Waals surface area (Å²) in [5.74, 6) is 0.945. The fraction of sp³-hybridized carbons (Fsp3) is 0.600. The average molecular weight is 527 g/mol. The van der Waals surface area contributed by atoms with Crippen LogP contribution in [0.25, 0.3) is 5.70 Å². The molecule has 8 nitrogen and oxygen atoms in total. The normalized spacial score (nSPS) is 18.8. The van der Waals surface area contributed by atoms with Crippen molar-refractivity contribution in [1.29, 1.82) is 0 Å². The molecule has 0 aromatic carbocycles. The molecule has 2 amide bonds. The van der Waals surface area contributed by atoms with Gasteiger partial charge in [-0.25, -0.2) is 4.98 Å². The number of rotatable bonds is 13. The van der Waals surface area contributed by atoms with Crippen LogP contribution in [0.3, 0.4) is 0 Å². The monoisotopic (exact) mass is 526 g/mol. The maximum absolute atomic E-state index is 12.3. The Balaban J connectivity index is 0.00000352. The van der Waals surface area contributed by atoms with E-state index in [0.29, 0.717) is 6.42 Å². The van der Waals surface area contributed by atoms with Crippen molar-refractivity contribution in [3.05, 3.63) is 48.3 Å². The Labute approximate surface area is 230 Å². The summed E-state index contributed by atoms with van der Waals surface area (Å²) < 4.78 is 2.06. The molecule has 2 rings (SSSR count). The number of hydrogen-bond acceptors (Lipinski definition) is 5. The molecule has 1 heterocycles. The van der Waals surface area contributed by atoms with Gasteiger partial charge in [0.05, 0.1) is 17.1 Å². The molecule has 1 N–H and O–H groups in total. The second-order valence-electron chi connectivity index (χ2n) is 9.42. The van der Waals surface area contributed by atoms with E-state index in [1.165, 1.54) is 6.08 Å². The predicted molar refractivity (Wildman–Crippen MR) is 159 cm³/mol. The minimum Gasteiger partial charge on any atom is -0.350 e. The van der Waals surface area contributed by atoms with E-state index in [0.717, 1.165) is 67.1 Å². The largest absolute Gasteiger partial charge is 0.350 e. The maximum atomic E-state index is 12.3. The molecular weight excluding hydrogens is 476 g/mol. The standard InChI is InChI=1S/C28H44N6O2.C2H6/c1-9-13-24(27(29-6)20(5)10-2)31-25(28-30-17-21(11-3)33(28)8)18-34(19-35)23-15-14-22(16-23)32(7)26(36)12-4;1-2/h12-13,17-20,22-23,31H,4,9-11,14-16H2,1-3,5-8H3;1-2H3/b24-13+,25-18+,29-27?;. The van der Waals surface area contributed by atoms with Crippen molar-refractivity contribution in [2.75, 3.05) is 14.1 Å². The first kappa shape index (κ1) is 32.9. The van der Waals surface area contributed by atoms with Crippen molar-refractivity contribution < 1.29 is 9.59 Å². The number of aromatic nitrogens is 2. The molecule has 212 valence electrons. The molecule has 1 fully saturated rings. The third-order valence-corrected chi connectivity index (χ3v) is 7.23. The predicted octanol–water partition coefficient (Wildman–Crippen LogP) is 5.33. The minimum atomic E-state index is -0.0953. The highest BCUT2D eigenvalue weighted by Gasteiger charge is 2.32. The summed E-state index contributed by atoms with van der Waals surface area (Å²) >= 11 is 0. The van der Waals surface area contributed by atoms with Crippen LogP contribution in [0.2, 0.25) is 0 Å². The van der Waals surface area contributed by atoms with Crippen molar-refractivity contribution in [2.45, 2.75) is 92.2 Å². The van der Waals surface area contributed by atoms with Gasteiger partial charge in [-0.3, -0.25) is 14.6 Å². The molecule has 38 heavy (non-hydrogen) atoms. The van der Waals surface area contributed by atoms with Crippen LogP contribution in [-0.4, -0.2) is 63.6 Å². The van der Waals surface area contributed by atoms with E-state index in [2.05, 4.69) is 55.2 Å². The Morgan fingerprint density at radius 3 is 2.45 bits per heavy atom. The molecule has 3 atom stereocenters. The molecule has 3 unspecified atom stereocenters. The van der Waals surface area contributed by atoms with E-state index in [1.807, 2.05) is 40.3 Å². The highest BCUT2D eigenvalue weighted by molar-refractivity contribution is 6.02. The second kappa shape index (κ2) is 16.6. The Bertz CT molecular complexity index is 1010. The third-order valence-electron chi connectivity index (χ3n) is 7.23. The number of imidazole rings is 1. The number of nitrogens with zero attached hydrogens (tertiary/aromatic N) is 5. The first-order valence-corrected chi connectivity index (χ1v) is 14.0. The van der Waals surface area contributed by atoms with Crippen LogP contribution < -0.4 is 5.32 Å².